The highest BCUT2D eigenvalue weighted by Gasteiger charge is 2.16. The Morgan fingerprint density at radius 3 is 2.80 bits per heavy atom. The molecule has 0 aromatic carbocycles. The Morgan fingerprint density at radius 2 is 2.25 bits per heavy atom. The molecule has 0 radical (unpaired) electrons. The van der Waals surface area contributed by atoms with Crippen LogP contribution in [-0.2, 0) is 14.4 Å². The molecule has 1 rings (SSSR count). The normalized spacial score (nSPS) is 11.4. The van der Waals surface area contributed by atoms with Crippen LogP contribution in [0.3, 0.4) is 0 Å². The highest BCUT2D eigenvalue weighted by Crippen LogP contribution is 2.11. The zero-order valence-corrected chi connectivity index (χ0v) is 12.6. The Bertz CT molecular complexity index is 483. The van der Waals surface area contributed by atoms with E-state index in [0.717, 1.165) is 16.2 Å². The quantitative estimate of drug-likeness (QED) is 0.588. The molecule has 1 heterocycles. The van der Waals surface area contributed by atoms with Crippen LogP contribution in [0.2, 0.25) is 0 Å². The fourth-order valence-corrected chi connectivity index (χ4v) is 2.26. The highest BCUT2D eigenvalue weighted by molar-refractivity contribution is 9.10. The summed E-state index contributed by atoms with van der Waals surface area (Å²) in [5.41, 5.74) is 0. The van der Waals surface area contributed by atoms with Gasteiger partial charge in [0, 0.05) is 16.4 Å². The molecule has 1 unspecified atom stereocenters. The fraction of sp³-hybridized carbons (Fsp3) is 0.273. The summed E-state index contributed by atoms with van der Waals surface area (Å²) >= 11 is 4.34. The van der Waals surface area contributed by atoms with Crippen molar-refractivity contribution in [3.63, 3.8) is 0 Å². The van der Waals surface area contributed by atoms with Gasteiger partial charge >= 0.3 is 5.97 Å². The first-order valence-electron chi connectivity index (χ1n) is 5.44. The summed E-state index contributed by atoms with van der Waals surface area (Å²) in [6, 6.07) is 2.38. The van der Waals surface area contributed by atoms with Crippen molar-refractivity contribution >= 4 is 51.8 Å². The molecule has 1 aromatic heterocycles. The number of rotatable bonds is 8. The lowest BCUT2D eigenvalue weighted by atomic mass is 10.3. The first-order valence-corrected chi connectivity index (χ1v) is 7.39. The molecular weight excluding hydrogens is 350 g/mol. The average molecular weight is 362 g/mol. The SMILES string of the molecule is O=CNC(CSCC(=O)Nc1ccc(Br)cn1)C(=O)O. The molecule has 0 saturated heterocycles. The maximum absolute atomic E-state index is 11.6. The van der Waals surface area contributed by atoms with E-state index in [1.807, 2.05) is 0 Å². The summed E-state index contributed by atoms with van der Waals surface area (Å²) in [7, 11) is 0. The number of carboxylic acid groups (broad SMARTS) is 1. The molecule has 0 spiro atoms. The number of carboxylic acids is 1. The van der Waals surface area contributed by atoms with Crippen LogP contribution in [-0.4, -0.2) is 45.9 Å². The van der Waals surface area contributed by atoms with Gasteiger partial charge in [-0.1, -0.05) is 0 Å². The van der Waals surface area contributed by atoms with Crippen molar-refractivity contribution in [3.8, 4) is 0 Å². The molecule has 1 atom stereocenters. The molecule has 3 N–H and O–H groups in total. The van der Waals surface area contributed by atoms with Gasteiger partial charge in [-0.3, -0.25) is 9.59 Å². The minimum atomic E-state index is -1.14. The van der Waals surface area contributed by atoms with Gasteiger partial charge in [0.15, 0.2) is 0 Å². The zero-order valence-electron chi connectivity index (χ0n) is 10.2. The van der Waals surface area contributed by atoms with Crippen molar-refractivity contribution in [1.29, 1.82) is 0 Å². The third-order valence-electron chi connectivity index (χ3n) is 2.08. The van der Waals surface area contributed by atoms with Crippen LogP contribution in [0.4, 0.5) is 5.82 Å². The summed E-state index contributed by atoms with van der Waals surface area (Å²) in [5.74, 6) is -0.837. The number of aromatic nitrogens is 1. The van der Waals surface area contributed by atoms with Gasteiger partial charge in [0.25, 0.3) is 0 Å². The van der Waals surface area contributed by atoms with E-state index >= 15 is 0 Å². The second kappa shape index (κ2) is 8.54. The summed E-state index contributed by atoms with van der Waals surface area (Å²) < 4.78 is 0.800. The van der Waals surface area contributed by atoms with Crippen molar-refractivity contribution in [2.45, 2.75) is 6.04 Å². The number of aliphatic carboxylic acids is 1. The van der Waals surface area contributed by atoms with Gasteiger partial charge < -0.3 is 15.7 Å². The second-order valence-corrected chi connectivity index (χ2v) is 5.55. The van der Waals surface area contributed by atoms with Crippen LogP contribution in [0.5, 0.6) is 0 Å². The standard InChI is InChI=1S/C11H12BrN3O4S/c12-7-1-2-9(13-3-7)15-10(17)5-20-4-8(11(18)19)14-6-16/h1-3,6,8H,4-5H2,(H,14,16)(H,18,19)(H,13,15,17). The van der Waals surface area contributed by atoms with Gasteiger partial charge in [0.2, 0.25) is 12.3 Å². The molecule has 1 aromatic rings. The van der Waals surface area contributed by atoms with Crippen LogP contribution < -0.4 is 10.6 Å². The number of nitrogens with zero attached hydrogens (tertiary/aromatic N) is 1. The summed E-state index contributed by atoms with van der Waals surface area (Å²) in [4.78, 5) is 36.5. The number of carbonyl (C=O) groups is 3. The maximum Gasteiger partial charge on any atom is 0.327 e. The maximum atomic E-state index is 11.6. The highest BCUT2D eigenvalue weighted by atomic mass is 79.9. The zero-order chi connectivity index (χ0) is 15.0. The summed E-state index contributed by atoms with van der Waals surface area (Å²) in [6.07, 6.45) is 1.88. The number of amides is 2. The van der Waals surface area contributed by atoms with Gasteiger partial charge in [0.05, 0.1) is 5.75 Å². The van der Waals surface area contributed by atoms with Gasteiger partial charge in [-0.25, -0.2) is 9.78 Å². The minimum absolute atomic E-state index is 0.0715. The van der Waals surface area contributed by atoms with Gasteiger partial charge in [-0.15, -0.1) is 11.8 Å². The van der Waals surface area contributed by atoms with E-state index in [9.17, 15) is 14.4 Å². The van der Waals surface area contributed by atoms with Crippen molar-refractivity contribution in [2.75, 3.05) is 16.8 Å². The lowest BCUT2D eigenvalue weighted by molar-refractivity contribution is -0.139. The van der Waals surface area contributed by atoms with Crippen molar-refractivity contribution in [3.05, 3.63) is 22.8 Å². The Labute approximate surface area is 127 Å². The third kappa shape index (κ3) is 6.02. The van der Waals surface area contributed by atoms with E-state index in [-0.39, 0.29) is 17.4 Å². The first-order chi connectivity index (χ1) is 9.52. The Balaban J connectivity index is 2.34. The predicted molar refractivity (Wildman–Crippen MR) is 78.5 cm³/mol. The number of halogens is 1. The molecule has 0 aliphatic rings. The molecule has 0 aliphatic heterocycles. The van der Waals surface area contributed by atoms with E-state index in [0.29, 0.717) is 12.2 Å². The smallest absolute Gasteiger partial charge is 0.327 e. The molecule has 20 heavy (non-hydrogen) atoms. The summed E-state index contributed by atoms with van der Waals surface area (Å²) in [6.45, 7) is 0. The molecule has 0 bridgehead atoms. The summed E-state index contributed by atoms with van der Waals surface area (Å²) in [5, 5.41) is 13.5. The molecular formula is C11H12BrN3O4S. The molecule has 0 saturated carbocycles. The van der Waals surface area contributed by atoms with E-state index < -0.39 is 12.0 Å². The number of nitrogens with one attached hydrogen (secondary N) is 2. The second-order valence-electron chi connectivity index (χ2n) is 3.60. The fourth-order valence-electron chi connectivity index (χ4n) is 1.17. The van der Waals surface area contributed by atoms with Crippen LogP contribution in [0.25, 0.3) is 0 Å². The van der Waals surface area contributed by atoms with Gasteiger partial charge in [0.1, 0.15) is 11.9 Å². The van der Waals surface area contributed by atoms with E-state index in [2.05, 4.69) is 31.5 Å². The number of carbonyl (C=O) groups excluding carboxylic acids is 2. The molecule has 2 amide bonds. The Hall–Kier alpha value is -1.61. The lowest BCUT2D eigenvalue weighted by Gasteiger charge is -2.10. The number of hydrogen-bond acceptors (Lipinski definition) is 5. The van der Waals surface area contributed by atoms with Crippen molar-refractivity contribution < 1.29 is 19.5 Å². The van der Waals surface area contributed by atoms with Crippen molar-refractivity contribution in [2.24, 2.45) is 0 Å². The van der Waals surface area contributed by atoms with Crippen molar-refractivity contribution in [1.82, 2.24) is 10.3 Å². The largest absolute Gasteiger partial charge is 0.480 e. The van der Waals surface area contributed by atoms with Crippen LogP contribution in [0.15, 0.2) is 22.8 Å². The molecule has 0 fully saturated rings. The minimum Gasteiger partial charge on any atom is -0.480 e. The van der Waals surface area contributed by atoms with Gasteiger partial charge in [-0.2, -0.15) is 0 Å². The van der Waals surface area contributed by atoms with Gasteiger partial charge in [-0.05, 0) is 28.1 Å². The molecule has 9 heteroatoms. The van der Waals surface area contributed by atoms with Crippen LogP contribution in [0, 0.1) is 0 Å². The average Bonchev–Trinajstić information content (AvgIpc) is 2.40. The predicted octanol–water partition coefficient (Wildman–Crippen LogP) is 0.715. The van der Waals surface area contributed by atoms with E-state index in [1.54, 1.807) is 18.3 Å². The lowest BCUT2D eigenvalue weighted by Crippen LogP contribution is -2.38. The Morgan fingerprint density at radius 1 is 1.50 bits per heavy atom. The molecule has 7 nitrogen and oxygen atoms in total. The number of hydrogen-bond donors (Lipinski definition) is 3. The van der Waals surface area contributed by atoms with Crippen LogP contribution in [0.1, 0.15) is 0 Å². The number of thioether (sulfide) groups is 1. The number of anilines is 1. The molecule has 0 aliphatic carbocycles. The molecule has 108 valence electrons. The van der Waals surface area contributed by atoms with Crippen LogP contribution >= 0.6 is 27.7 Å². The first kappa shape index (κ1) is 16.4. The monoisotopic (exact) mass is 361 g/mol. The third-order valence-corrected chi connectivity index (χ3v) is 3.58. The van der Waals surface area contributed by atoms with E-state index in [4.69, 9.17) is 5.11 Å². The number of pyridine rings is 1. The Kier molecular flexibility index (Phi) is 7.02. The van der Waals surface area contributed by atoms with E-state index in [1.165, 1.54) is 0 Å². The topological polar surface area (TPSA) is 108 Å².